The predicted octanol–water partition coefficient (Wildman–Crippen LogP) is 1.25. The van der Waals surface area contributed by atoms with E-state index in [2.05, 4.69) is 29.0 Å². The summed E-state index contributed by atoms with van der Waals surface area (Å²) in [6.07, 6.45) is 0. The van der Waals surface area contributed by atoms with Gasteiger partial charge in [-0.25, -0.2) is 4.98 Å². The Balaban J connectivity index is 1.89. The van der Waals surface area contributed by atoms with Gasteiger partial charge in [0, 0.05) is 48.9 Å². The number of piperazine rings is 1. The molecule has 1 aliphatic rings. The highest BCUT2D eigenvalue weighted by Gasteiger charge is 2.23. The Morgan fingerprint density at radius 1 is 1.50 bits per heavy atom. The Morgan fingerprint density at radius 3 is 3.10 bits per heavy atom. The summed E-state index contributed by atoms with van der Waals surface area (Å²) in [4.78, 5) is 20.0. The zero-order valence-corrected chi connectivity index (χ0v) is 12.9. The topological polar surface area (TPSA) is 49.6 Å². The molecule has 0 bridgehead atoms. The third-order valence-corrected chi connectivity index (χ3v) is 4.83. The van der Waals surface area contributed by atoms with Gasteiger partial charge in [0.2, 0.25) is 0 Å². The van der Waals surface area contributed by atoms with E-state index in [0.29, 0.717) is 12.1 Å². The quantitative estimate of drug-likeness (QED) is 0.905. The standard InChI is InChI=1S/C14H20N4OS/c1-9-6-17(10(2)5-15-9)7-12-4-13(19)18-11(3)8-20-14(18)16-12/h4,8-10,15H,5-7H2,1-3H3. The molecule has 3 rings (SSSR count). The van der Waals surface area contributed by atoms with Crippen LogP contribution in [0.5, 0.6) is 0 Å². The molecule has 20 heavy (non-hydrogen) atoms. The van der Waals surface area contributed by atoms with Gasteiger partial charge in [-0.2, -0.15) is 0 Å². The van der Waals surface area contributed by atoms with Gasteiger partial charge in [-0.15, -0.1) is 11.3 Å². The summed E-state index contributed by atoms with van der Waals surface area (Å²) in [5.41, 5.74) is 1.86. The first-order chi connectivity index (χ1) is 9.54. The molecule has 1 aliphatic heterocycles. The molecule has 2 unspecified atom stereocenters. The first-order valence-electron chi connectivity index (χ1n) is 6.99. The number of aryl methyl sites for hydroxylation is 1. The van der Waals surface area contributed by atoms with Crippen molar-refractivity contribution in [2.75, 3.05) is 13.1 Å². The highest BCUT2D eigenvalue weighted by Crippen LogP contribution is 2.14. The molecule has 1 saturated heterocycles. The lowest BCUT2D eigenvalue weighted by molar-refractivity contribution is 0.137. The molecule has 108 valence electrons. The van der Waals surface area contributed by atoms with Crippen LogP contribution in [0, 0.1) is 6.92 Å². The number of thiazole rings is 1. The highest BCUT2D eigenvalue weighted by atomic mass is 32.1. The third kappa shape index (κ3) is 2.51. The maximum Gasteiger partial charge on any atom is 0.259 e. The second kappa shape index (κ2) is 5.27. The van der Waals surface area contributed by atoms with E-state index in [-0.39, 0.29) is 5.56 Å². The molecule has 3 heterocycles. The minimum Gasteiger partial charge on any atom is -0.311 e. The van der Waals surface area contributed by atoms with Gasteiger partial charge in [0.1, 0.15) is 0 Å². The van der Waals surface area contributed by atoms with E-state index in [1.165, 1.54) is 11.3 Å². The zero-order valence-electron chi connectivity index (χ0n) is 12.1. The summed E-state index contributed by atoms with van der Waals surface area (Å²) in [6, 6.07) is 2.63. The van der Waals surface area contributed by atoms with Gasteiger partial charge in [-0.1, -0.05) is 0 Å². The molecule has 0 radical (unpaired) electrons. The maximum absolute atomic E-state index is 12.2. The minimum absolute atomic E-state index is 0.0274. The van der Waals surface area contributed by atoms with Crippen molar-refractivity contribution >= 4 is 16.3 Å². The fourth-order valence-corrected chi connectivity index (χ4v) is 3.60. The fourth-order valence-electron chi connectivity index (χ4n) is 2.71. The molecular formula is C14H20N4OS. The second-order valence-electron chi connectivity index (χ2n) is 5.67. The molecule has 1 fully saturated rings. The Morgan fingerprint density at radius 2 is 2.30 bits per heavy atom. The van der Waals surface area contributed by atoms with Crippen LogP contribution >= 0.6 is 11.3 Å². The molecule has 2 aromatic heterocycles. The van der Waals surface area contributed by atoms with Crippen LogP contribution in [0.2, 0.25) is 0 Å². The molecule has 0 amide bonds. The van der Waals surface area contributed by atoms with Crippen molar-refractivity contribution in [1.82, 2.24) is 19.6 Å². The number of rotatable bonds is 2. The smallest absolute Gasteiger partial charge is 0.259 e. The largest absolute Gasteiger partial charge is 0.311 e. The normalized spacial score (nSPS) is 24.4. The lowest BCUT2D eigenvalue weighted by atomic mass is 10.1. The minimum atomic E-state index is 0.0274. The number of nitrogens with one attached hydrogen (secondary N) is 1. The Hall–Kier alpha value is -1.24. The molecular weight excluding hydrogens is 272 g/mol. The predicted molar refractivity (Wildman–Crippen MR) is 81.4 cm³/mol. The number of fused-ring (bicyclic) bond motifs is 1. The molecule has 0 saturated carbocycles. The molecule has 0 aliphatic carbocycles. The van der Waals surface area contributed by atoms with Gasteiger partial charge in [-0.05, 0) is 20.8 Å². The van der Waals surface area contributed by atoms with Crippen molar-refractivity contribution in [3.8, 4) is 0 Å². The van der Waals surface area contributed by atoms with Gasteiger partial charge >= 0.3 is 0 Å². The van der Waals surface area contributed by atoms with Crippen LogP contribution in [0.25, 0.3) is 4.96 Å². The fraction of sp³-hybridized carbons (Fsp3) is 0.571. The van der Waals surface area contributed by atoms with Crippen molar-refractivity contribution in [2.45, 2.75) is 39.4 Å². The van der Waals surface area contributed by atoms with Crippen molar-refractivity contribution in [3.05, 3.63) is 33.2 Å². The summed E-state index contributed by atoms with van der Waals surface area (Å²) in [5.74, 6) is 0. The molecule has 2 aromatic rings. The second-order valence-corrected chi connectivity index (χ2v) is 6.51. The van der Waals surface area contributed by atoms with Gasteiger partial charge in [-0.3, -0.25) is 14.1 Å². The summed E-state index contributed by atoms with van der Waals surface area (Å²) in [7, 11) is 0. The van der Waals surface area contributed by atoms with Crippen molar-refractivity contribution in [3.63, 3.8) is 0 Å². The Bertz CT molecular complexity index is 677. The zero-order chi connectivity index (χ0) is 14.3. The lowest BCUT2D eigenvalue weighted by Gasteiger charge is -2.37. The number of hydrogen-bond acceptors (Lipinski definition) is 5. The van der Waals surface area contributed by atoms with Crippen molar-refractivity contribution < 1.29 is 0 Å². The van der Waals surface area contributed by atoms with Crippen LogP contribution in [-0.2, 0) is 6.54 Å². The first kappa shape index (κ1) is 13.7. The molecule has 0 spiro atoms. The van der Waals surface area contributed by atoms with Gasteiger partial charge in [0.25, 0.3) is 5.56 Å². The molecule has 0 aromatic carbocycles. The van der Waals surface area contributed by atoms with Crippen LogP contribution in [0.15, 0.2) is 16.2 Å². The molecule has 5 nitrogen and oxygen atoms in total. The van der Waals surface area contributed by atoms with E-state index in [0.717, 1.165) is 36.0 Å². The van der Waals surface area contributed by atoms with E-state index < -0.39 is 0 Å². The van der Waals surface area contributed by atoms with Crippen LogP contribution in [0.4, 0.5) is 0 Å². The first-order valence-corrected chi connectivity index (χ1v) is 7.87. The highest BCUT2D eigenvalue weighted by molar-refractivity contribution is 7.15. The molecule has 1 N–H and O–H groups in total. The number of aromatic nitrogens is 2. The van der Waals surface area contributed by atoms with Gasteiger partial charge < -0.3 is 5.32 Å². The Labute approximate surface area is 122 Å². The number of hydrogen-bond donors (Lipinski definition) is 1. The van der Waals surface area contributed by atoms with Crippen LogP contribution < -0.4 is 10.9 Å². The average Bonchev–Trinajstić information content (AvgIpc) is 2.76. The molecule has 2 atom stereocenters. The van der Waals surface area contributed by atoms with Crippen molar-refractivity contribution in [1.29, 1.82) is 0 Å². The Kier molecular flexibility index (Phi) is 3.62. The van der Waals surface area contributed by atoms with Crippen LogP contribution in [-0.4, -0.2) is 39.5 Å². The van der Waals surface area contributed by atoms with Crippen LogP contribution in [0.3, 0.4) is 0 Å². The van der Waals surface area contributed by atoms with Crippen LogP contribution in [0.1, 0.15) is 25.2 Å². The summed E-state index contributed by atoms with van der Waals surface area (Å²) >= 11 is 1.53. The van der Waals surface area contributed by atoms with E-state index in [1.807, 2.05) is 12.3 Å². The lowest BCUT2D eigenvalue weighted by Crippen LogP contribution is -2.53. The average molecular weight is 292 g/mol. The van der Waals surface area contributed by atoms with E-state index in [1.54, 1.807) is 10.5 Å². The maximum atomic E-state index is 12.2. The molecule has 6 heteroatoms. The summed E-state index contributed by atoms with van der Waals surface area (Å²) < 4.78 is 1.68. The van der Waals surface area contributed by atoms with Crippen molar-refractivity contribution in [2.24, 2.45) is 0 Å². The van der Waals surface area contributed by atoms with E-state index in [4.69, 9.17) is 0 Å². The van der Waals surface area contributed by atoms with E-state index >= 15 is 0 Å². The summed E-state index contributed by atoms with van der Waals surface area (Å²) in [5, 5.41) is 5.44. The summed E-state index contributed by atoms with van der Waals surface area (Å²) in [6.45, 7) is 9.06. The van der Waals surface area contributed by atoms with Gasteiger partial charge in [0.15, 0.2) is 4.96 Å². The van der Waals surface area contributed by atoms with Gasteiger partial charge in [0.05, 0.1) is 5.69 Å². The SMILES string of the molecule is Cc1csc2nc(CN3CC(C)NCC3C)cc(=O)n12. The number of nitrogens with zero attached hydrogens (tertiary/aromatic N) is 3. The third-order valence-electron chi connectivity index (χ3n) is 3.89. The van der Waals surface area contributed by atoms with E-state index in [9.17, 15) is 4.79 Å². The monoisotopic (exact) mass is 292 g/mol.